The van der Waals surface area contributed by atoms with Crippen molar-refractivity contribution in [1.82, 2.24) is 0 Å². The first-order chi connectivity index (χ1) is 11.1. The lowest BCUT2D eigenvalue weighted by molar-refractivity contribution is -0.141. The standard InChI is InChI=1S/C18H17ClO4/c1-22-18(21)10-11-23-16-8-4-14(5-9-16)17(20)12-13-2-6-15(19)7-3-13/h2-9H,10-12H2,1H3. The molecule has 0 amide bonds. The van der Waals surface area contributed by atoms with Gasteiger partial charge >= 0.3 is 5.97 Å². The van der Waals surface area contributed by atoms with Crippen LogP contribution >= 0.6 is 11.6 Å². The molecule has 0 heterocycles. The van der Waals surface area contributed by atoms with E-state index >= 15 is 0 Å². The minimum Gasteiger partial charge on any atom is -0.493 e. The van der Waals surface area contributed by atoms with E-state index in [1.54, 1.807) is 36.4 Å². The molecule has 0 aliphatic heterocycles. The van der Waals surface area contributed by atoms with E-state index in [0.29, 0.717) is 22.8 Å². The van der Waals surface area contributed by atoms with Crippen LogP contribution in [0.5, 0.6) is 5.75 Å². The van der Waals surface area contributed by atoms with Gasteiger partial charge in [0.05, 0.1) is 20.1 Å². The predicted octanol–water partition coefficient (Wildman–Crippen LogP) is 3.71. The van der Waals surface area contributed by atoms with Crippen molar-refractivity contribution in [3.05, 3.63) is 64.7 Å². The van der Waals surface area contributed by atoms with Crippen molar-refractivity contribution in [1.29, 1.82) is 0 Å². The van der Waals surface area contributed by atoms with Gasteiger partial charge in [0.15, 0.2) is 5.78 Å². The molecule has 0 aromatic heterocycles. The number of rotatable bonds is 7. The van der Waals surface area contributed by atoms with Crippen molar-refractivity contribution >= 4 is 23.4 Å². The summed E-state index contributed by atoms with van der Waals surface area (Å²) in [6, 6.07) is 14.1. The van der Waals surface area contributed by atoms with Crippen molar-refractivity contribution in [2.45, 2.75) is 12.8 Å². The summed E-state index contributed by atoms with van der Waals surface area (Å²) in [5, 5.41) is 0.648. The topological polar surface area (TPSA) is 52.6 Å². The lowest BCUT2D eigenvalue weighted by Crippen LogP contribution is -2.08. The summed E-state index contributed by atoms with van der Waals surface area (Å²) >= 11 is 5.83. The molecule has 23 heavy (non-hydrogen) atoms. The normalized spacial score (nSPS) is 10.2. The van der Waals surface area contributed by atoms with E-state index in [2.05, 4.69) is 4.74 Å². The molecule has 0 N–H and O–H groups in total. The van der Waals surface area contributed by atoms with Gasteiger partial charge < -0.3 is 9.47 Å². The third-order valence-corrected chi connectivity index (χ3v) is 3.51. The second kappa shape index (κ2) is 8.34. The Morgan fingerprint density at radius 1 is 1.00 bits per heavy atom. The number of methoxy groups -OCH3 is 1. The Kier molecular flexibility index (Phi) is 6.18. The van der Waals surface area contributed by atoms with Gasteiger partial charge in [0, 0.05) is 17.0 Å². The molecular formula is C18H17ClO4. The molecule has 2 aromatic rings. The molecule has 0 spiro atoms. The summed E-state index contributed by atoms with van der Waals surface area (Å²) in [5.41, 5.74) is 1.53. The number of halogens is 1. The van der Waals surface area contributed by atoms with Gasteiger partial charge in [-0.15, -0.1) is 0 Å². The summed E-state index contributed by atoms with van der Waals surface area (Å²) in [4.78, 5) is 23.2. The molecule has 5 heteroatoms. The largest absolute Gasteiger partial charge is 0.493 e. The van der Waals surface area contributed by atoms with Gasteiger partial charge in [-0.1, -0.05) is 23.7 Å². The molecular weight excluding hydrogens is 316 g/mol. The van der Waals surface area contributed by atoms with Crippen LogP contribution in [0, 0.1) is 0 Å². The number of ketones is 1. The van der Waals surface area contributed by atoms with Crippen molar-refractivity contribution in [3.8, 4) is 5.75 Å². The molecule has 2 aromatic carbocycles. The summed E-state index contributed by atoms with van der Waals surface area (Å²) in [6.07, 6.45) is 0.507. The maximum absolute atomic E-state index is 12.2. The third-order valence-electron chi connectivity index (χ3n) is 3.26. The molecule has 0 atom stereocenters. The fourth-order valence-corrected chi connectivity index (χ4v) is 2.11. The highest BCUT2D eigenvalue weighted by atomic mass is 35.5. The molecule has 4 nitrogen and oxygen atoms in total. The molecule has 0 unspecified atom stereocenters. The zero-order valence-corrected chi connectivity index (χ0v) is 13.5. The second-order valence-corrected chi connectivity index (χ2v) is 5.36. The lowest BCUT2D eigenvalue weighted by Gasteiger charge is -2.06. The fourth-order valence-electron chi connectivity index (χ4n) is 1.98. The molecule has 0 saturated heterocycles. The summed E-state index contributed by atoms with van der Waals surface area (Å²) in [7, 11) is 1.34. The van der Waals surface area contributed by atoms with E-state index in [9.17, 15) is 9.59 Å². The van der Waals surface area contributed by atoms with Crippen molar-refractivity contribution in [3.63, 3.8) is 0 Å². The van der Waals surface area contributed by atoms with Gasteiger partial charge in [0.25, 0.3) is 0 Å². The second-order valence-electron chi connectivity index (χ2n) is 4.93. The van der Waals surface area contributed by atoms with Gasteiger partial charge in [0.1, 0.15) is 5.75 Å². The SMILES string of the molecule is COC(=O)CCOc1ccc(C(=O)Cc2ccc(Cl)cc2)cc1. The number of hydrogen-bond donors (Lipinski definition) is 0. The van der Waals surface area contributed by atoms with Crippen molar-refractivity contribution < 1.29 is 19.1 Å². The Balaban J connectivity index is 1.89. The van der Waals surface area contributed by atoms with Crippen LogP contribution in [0.1, 0.15) is 22.3 Å². The predicted molar refractivity (Wildman–Crippen MR) is 88.1 cm³/mol. The summed E-state index contributed by atoms with van der Waals surface area (Å²) < 4.78 is 9.95. The van der Waals surface area contributed by atoms with E-state index in [1.165, 1.54) is 7.11 Å². The van der Waals surface area contributed by atoms with Crippen LogP contribution in [0.25, 0.3) is 0 Å². The number of ether oxygens (including phenoxy) is 2. The van der Waals surface area contributed by atoms with E-state index in [1.807, 2.05) is 12.1 Å². The monoisotopic (exact) mass is 332 g/mol. The minimum absolute atomic E-state index is 0.0217. The smallest absolute Gasteiger partial charge is 0.308 e. The molecule has 0 saturated carbocycles. The molecule has 0 fully saturated rings. The molecule has 0 aliphatic carbocycles. The Labute approximate surface area is 140 Å². The Morgan fingerprint density at radius 3 is 2.26 bits per heavy atom. The van der Waals surface area contributed by atoms with Crippen LogP contribution in [-0.2, 0) is 16.0 Å². The van der Waals surface area contributed by atoms with Gasteiger partial charge in [-0.2, -0.15) is 0 Å². The fraction of sp³-hybridized carbons (Fsp3) is 0.222. The number of carbonyl (C=O) groups excluding carboxylic acids is 2. The van der Waals surface area contributed by atoms with Gasteiger partial charge in [-0.25, -0.2) is 0 Å². The van der Waals surface area contributed by atoms with Gasteiger partial charge in [-0.05, 0) is 42.0 Å². The average Bonchev–Trinajstić information content (AvgIpc) is 2.57. The van der Waals surface area contributed by atoms with Crippen molar-refractivity contribution in [2.75, 3.05) is 13.7 Å². The third kappa shape index (κ3) is 5.42. The zero-order chi connectivity index (χ0) is 16.7. The zero-order valence-electron chi connectivity index (χ0n) is 12.8. The van der Waals surface area contributed by atoms with Crippen LogP contribution in [0.2, 0.25) is 5.02 Å². The number of hydrogen-bond acceptors (Lipinski definition) is 4. The lowest BCUT2D eigenvalue weighted by atomic mass is 10.0. The molecule has 0 aliphatic rings. The van der Waals surface area contributed by atoms with Gasteiger partial charge in [0.2, 0.25) is 0 Å². The number of esters is 1. The highest BCUT2D eigenvalue weighted by Crippen LogP contribution is 2.16. The van der Waals surface area contributed by atoms with Crippen LogP contribution in [-0.4, -0.2) is 25.5 Å². The van der Waals surface area contributed by atoms with Crippen LogP contribution < -0.4 is 4.74 Å². The van der Waals surface area contributed by atoms with Crippen LogP contribution in [0.4, 0.5) is 0 Å². The first-order valence-electron chi connectivity index (χ1n) is 7.16. The van der Waals surface area contributed by atoms with E-state index in [-0.39, 0.29) is 24.8 Å². The quantitative estimate of drug-likeness (QED) is 0.573. The maximum Gasteiger partial charge on any atom is 0.308 e. The van der Waals surface area contributed by atoms with Crippen LogP contribution in [0.15, 0.2) is 48.5 Å². The molecule has 120 valence electrons. The minimum atomic E-state index is -0.320. The Morgan fingerprint density at radius 2 is 1.65 bits per heavy atom. The summed E-state index contributed by atoms with van der Waals surface area (Å²) in [6.45, 7) is 0.241. The number of carbonyl (C=O) groups is 2. The average molecular weight is 333 g/mol. The Hall–Kier alpha value is -2.33. The van der Waals surface area contributed by atoms with Gasteiger partial charge in [-0.3, -0.25) is 9.59 Å². The maximum atomic E-state index is 12.2. The summed E-state index contributed by atoms with van der Waals surface area (Å²) in [5.74, 6) is 0.310. The Bertz CT molecular complexity index is 662. The van der Waals surface area contributed by atoms with Crippen molar-refractivity contribution in [2.24, 2.45) is 0 Å². The number of Topliss-reactive ketones (excluding diaryl/α,β-unsaturated/α-hetero) is 1. The molecule has 2 rings (SSSR count). The molecule has 0 radical (unpaired) electrons. The van der Waals surface area contributed by atoms with E-state index in [4.69, 9.17) is 16.3 Å². The molecule has 0 bridgehead atoms. The van der Waals surface area contributed by atoms with Crippen LogP contribution in [0.3, 0.4) is 0 Å². The number of benzene rings is 2. The highest BCUT2D eigenvalue weighted by Gasteiger charge is 2.08. The first kappa shape index (κ1) is 17.0. The van der Waals surface area contributed by atoms with E-state index < -0.39 is 0 Å². The highest BCUT2D eigenvalue weighted by molar-refractivity contribution is 6.30. The van der Waals surface area contributed by atoms with E-state index in [0.717, 1.165) is 5.56 Å². The first-order valence-corrected chi connectivity index (χ1v) is 7.53.